The van der Waals surface area contributed by atoms with Crippen molar-refractivity contribution in [3.63, 3.8) is 0 Å². The fourth-order valence-corrected chi connectivity index (χ4v) is 3.76. The zero-order valence-electron chi connectivity index (χ0n) is 12.1. The highest BCUT2D eigenvalue weighted by Gasteiger charge is 2.37. The molecule has 2 heterocycles. The van der Waals surface area contributed by atoms with Gasteiger partial charge >= 0.3 is 0 Å². The highest BCUT2D eigenvalue weighted by atomic mass is 32.2. The number of nitrogens with one attached hydrogen (secondary N) is 1. The van der Waals surface area contributed by atoms with Gasteiger partial charge in [-0.2, -0.15) is 0 Å². The van der Waals surface area contributed by atoms with Crippen LogP contribution in [0.4, 0.5) is 11.4 Å². The molecule has 3 N–H and O–H groups in total. The van der Waals surface area contributed by atoms with Crippen LogP contribution in [0.3, 0.4) is 0 Å². The number of fused-ring (bicyclic) bond motifs is 1. The number of amides is 1. The van der Waals surface area contributed by atoms with E-state index in [1.54, 1.807) is 23.9 Å². The molecular weight excluding hydrogens is 288 g/mol. The maximum atomic E-state index is 12.5. The van der Waals surface area contributed by atoms with Crippen LogP contribution >= 0.6 is 11.8 Å². The zero-order chi connectivity index (χ0) is 14.9. The third kappa shape index (κ3) is 2.90. The van der Waals surface area contributed by atoms with Gasteiger partial charge in [-0.05, 0) is 25.5 Å². The molecule has 0 spiro atoms. The Kier molecular flexibility index (Phi) is 3.89. The minimum atomic E-state index is -0.364. The van der Waals surface area contributed by atoms with E-state index in [9.17, 15) is 4.79 Å². The summed E-state index contributed by atoms with van der Waals surface area (Å²) in [5.41, 5.74) is 7.12. The second-order valence-corrected chi connectivity index (χ2v) is 7.17. The van der Waals surface area contributed by atoms with Gasteiger partial charge in [0.15, 0.2) is 11.5 Å². The molecule has 1 unspecified atom stereocenters. The molecular formula is C15H20N2O3S. The van der Waals surface area contributed by atoms with Crippen LogP contribution in [0.2, 0.25) is 0 Å². The Labute approximate surface area is 128 Å². The lowest BCUT2D eigenvalue weighted by Gasteiger charge is -2.22. The Morgan fingerprint density at radius 2 is 2.00 bits per heavy atom. The Morgan fingerprint density at radius 3 is 2.67 bits per heavy atom. The van der Waals surface area contributed by atoms with Crippen molar-refractivity contribution in [3.8, 4) is 11.5 Å². The van der Waals surface area contributed by atoms with E-state index in [0.29, 0.717) is 36.1 Å². The number of benzene rings is 1. The molecule has 0 aliphatic carbocycles. The summed E-state index contributed by atoms with van der Waals surface area (Å²) in [4.78, 5) is 12.5. The molecule has 3 rings (SSSR count). The molecule has 0 saturated carbocycles. The first kappa shape index (κ1) is 14.4. The fraction of sp³-hybridized carbons (Fsp3) is 0.533. The van der Waals surface area contributed by atoms with Crippen molar-refractivity contribution in [1.82, 2.24) is 0 Å². The van der Waals surface area contributed by atoms with Gasteiger partial charge in [-0.1, -0.05) is 0 Å². The number of nitrogen functional groups attached to an aromatic ring is 1. The number of carbonyl (C=O) groups excluding carboxylic acids is 1. The summed E-state index contributed by atoms with van der Waals surface area (Å²) in [6.07, 6.45) is 2.81. The molecule has 1 atom stereocenters. The molecule has 2 aliphatic heterocycles. The highest BCUT2D eigenvalue weighted by molar-refractivity contribution is 8.01. The Hall–Kier alpha value is -1.56. The number of rotatable bonds is 2. The van der Waals surface area contributed by atoms with Gasteiger partial charge in [0.2, 0.25) is 5.91 Å². The smallest absolute Gasteiger partial charge is 0.240 e. The van der Waals surface area contributed by atoms with E-state index in [2.05, 4.69) is 5.32 Å². The maximum absolute atomic E-state index is 12.5. The molecule has 21 heavy (non-hydrogen) atoms. The summed E-state index contributed by atoms with van der Waals surface area (Å²) in [6, 6.07) is 3.48. The number of ether oxygens (including phenoxy) is 2. The standard InChI is InChI=1S/C15H20N2O3S/c1-15(4-2-7-21-15)14(18)17-11-9-13-12(8-10(11)16)19-5-3-6-20-13/h8-9H,2-7,16H2,1H3,(H,17,18). The van der Waals surface area contributed by atoms with Crippen molar-refractivity contribution >= 4 is 29.0 Å². The van der Waals surface area contributed by atoms with Gasteiger partial charge < -0.3 is 20.5 Å². The quantitative estimate of drug-likeness (QED) is 0.822. The minimum absolute atomic E-state index is 0.00573. The van der Waals surface area contributed by atoms with Crippen molar-refractivity contribution in [2.45, 2.75) is 30.9 Å². The minimum Gasteiger partial charge on any atom is -0.489 e. The third-order valence-corrected chi connectivity index (χ3v) is 5.39. The Balaban J connectivity index is 1.82. The van der Waals surface area contributed by atoms with Crippen LogP contribution in [0.5, 0.6) is 11.5 Å². The lowest BCUT2D eigenvalue weighted by Crippen LogP contribution is -2.34. The van der Waals surface area contributed by atoms with Gasteiger partial charge in [0.05, 0.1) is 29.3 Å². The summed E-state index contributed by atoms with van der Waals surface area (Å²) in [7, 11) is 0. The van der Waals surface area contributed by atoms with Gasteiger partial charge in [0.1, 0.15) is 0 Å². The molecule has 5 nitrogen and oxygen atoms in total. The number of thioether (sulfide) groups is 1. The van der Waals surface area contributed by atoms with Gasteiger partial charge in [-0.15, -0.1) is 11.8 Å². The summed E-state index contributed by atoms with van der Waals surface area (Å²) >= 11 is 1.70. The van der Waals surface area contributed by atoms with Crippen molar-refractivity contribution < 1.29 is 14.3 Å². The number of hydrogen-bond acceptors (Lipinski definition) is 5. The topological polar surface area (TPSA) is 73.6 Å². The number of carbonyl (C=O) groups is 1. The molecule has 2 aliphatic rings. The lowest BCUT2D eigenvalue weighted by molar-refractivity contribution is -0.118. The normalized spacial score (nSPS) is 24.4. The van der Waals surface area contributed by atoms with Crippen LogP contribution in [-0.4, -0.2) is 29.6 Å². The molecule has 1 amide bonds. The predicted molar refractivity (Wildman–Crippen MR) is 85.2 cm³/mol. The van der Waals surface area contributed by atoms with Crippen LogP contribution in [0, 0.1) is 0 Å². The van der Waals surface area contributed by atoms with Crippen LogP contribution in [0.15, 0.2) is 12.1 Å². The van der Waals surface area contributed by atoms with Gasteiger partial charge in [-0.25, -0.2) is 0 Å². The average molecular weight is 308 g/mol. The largest absolute Gasteiger partial charge is 0.489 e. The molecule has 114 valence electrons. The second kappa shape index (κ2) is 5.67. The van der Waals surface area contributed by atoms with Crippen molar-refractivity contribution in [1.29, 1.82) is 0 Å². The van der Waals surface area contributed by atoms with Gasteiger partial charge in [0.25, 0.3) is 0 Å². The van der Waals surface area contributed by atoms with Gasteiger partial charge in [-0.3, -0.25) is 4.79 Å². The number of hydrogen-bond donors (Lipinski definition) is 2. The highest BCUT2D eigenvalue weighted by Crippen LogP contribution is 2.41. The molecule has 0 radical (unpaired) electrons. The zero-order valence-corrected chi connectivity index (χ0v) is 12.9. The molecule has 1 aromatic carbocycles. The predicted octanol–water partition coefficient (Wildman–Crippen LogP) is 2.65. The number of nitrogens with two attached hydrogens (primary N) is 1. The van der Waals surface area contributed by atoms with Crippen LogP contribution < -0.4 is 20.5 Å². The van der Waals surface area contributed by atoms with Crippen LogP contribution in [0.1, 0.15) is 26.2 Å². The summed E-state index contributed by atoms with van der Waals surface area (Å²) in [5.74, 6) is 2.32. The van der Waals surface area contributed by atoms with E-state index >= 15 is 0 Å². The van der Waals surface area contributed by atoms with E-state index in [4.69, 9.17) is 15.2 Å². The van der Waals surface area contributed by atoms with Crippen LogP contribution in [0.25, 0.3) is 0 Å². The van der Waals surface area contributed by atoms with E-state index in [0.717, 1.165) is 25.0 Å². The summed E-state index contributed by atoms with van der Waals surface area (Å²) in [5, 5.41) is 2.94. The second-order valence-electron chi connectivity index (χ2n) is 5.57. The molecule has 0 aromatic heterocycles. The lowest BCUT2D eigenvalue weighted by atomic mass is 10.0. The summed E-state index contributed by atoms with van der Waals surface area (Å²) < 4.78 is 10.9. The van der Waals surface area contributed by atoms with Crippen molar-refractivity contribution in [2.75, 3.05) is 30.0 Å². The first-order valence-electron chi connectivity index (χ1n) is 7.23. The molecule has 1 fully saturated rings. The van der Waals surface area contributed by atoms with E-state index in [1.807, 2.05) is 6.92 Å². The Morgan fingerprint density at radius 1 is 1.29 bits per heavy atom. The average Bonchev–Trinajstić information content (AvgIpc) is 2.78. The SMILES string of the molecule is CC1(C(=O)Nc2cc3c(cc2N)OCCCO3)CCCS1. The van der Waals surface area contributed by atoms with E-state index in [-0.39, 0.29) is 10.7 Å². The molecule has 0 bridgehead atoms. The van der Waals surface area contributed by atoms with Crippen molar-refractivity contribution in [3.05, 3.63) is 12.1 Å². The maximum Gasteiger partial charge on any atom is 0.240 e. The van der Waals surface area contributed by atoms with Crippen LogP contribution in [-0.2, 0) is 4.79 Å². The Bertz CT molecular complexity index is 556. The monoisotopic (exact) mass is 308 g/mol. The first-order chi connectivity index (χ1) is 10.1. The first-order valence-corrected chi connectivity index (χ1v) is 8.22. The molecule has 1 aromatic rings. The van der Waals surface area contributed by atoms with E-state index in [1.165, 1.54) is 0 Å². The fourth-order valence-electron chi connectivity index (χ4n) is 2.55. The summed E-state index contributed by atoms with van der Waals surface area (Å²) in [6.45, 7) is 3.21. The van der Waals surface area contributed by atoms with E-state index < -0.39 is 0 Å². The third-order valence-electron chi connectivity index (χ3n) is 3.87. The number of anilines is 2. The van der Waals surface area contributed by atoms with Gasteiger partial charge in [0, 0.05) is 18.6 Å². The molecule has 1 saturated heterocycles. The van der Waals surface area contributed by atoms with Crippen molar-refractivity contribution in [2.24, 2.45) is 0 Å². The molecule has 6 heteroatoms.